The standard InChI is InChI=1S/C19H22F3N3O2.HI/c1-3-23-18(25-12-14-10-16(27-2)7-8-17(14)26)24-11-13-5-4-6-15(9-13)19(20,21)22;/h4-10,26H,3,11-12H2,1-2H3,(H2,23,24,25);1H. The zero-order valence-corrected chi connectivity index (χ0v) is 17.8. The third kappa shape index (κ3) is 7.10. The molecule has 0 bridgehead atoms. The molecule has 0 fully saturated rings. The molecule has 2 rings (SSSR count). The number of methoxy groups -OCH3 is 1. The first-order valence-corrected chi connectivity index (χ1v) is 8.37. The monoisotopic (exact) mass is 509 g/mol. The Morgan fingerprint density at radius 1 is 1.14 bits per heavy atom. The molecule has 3 N–H and O–H groups in total. The number of ether oxygens (including phenoxy) is 1. The third-order valence-corrected chi connectivity index (χ3v) is 3.75. The van der Waals surface area contributed by atoms with E-state index in [1.54, 1.807) is 18.2 Å². The fourth-order valence-corrected chi connectivity index (χ4v) is 2.37. The summed E-state index contributed by atoms with van der Waals surface area (Å²) in [5.74, 6) is 1.14. The highest BCUT2D eigenvalue weighted by Crippen LogP contribution is 2.29. The number of nitrogens with zero attached hydrogens (tertiary/aromatic N) is 1. The molecular formula is C19H23F3IN3O2. The zero-order chi connectivity index (χ0) is 19.9. The van der Waals surface area contributed by atoms with Crippen LogP contribution < -0.4 is 15.4 Å². The summed E-state index contributed by atoms with van der Waals surface area (Å²) in [7, 11) is 1.53. The number of aliphatic imine (C=N–C) groups is 1. The van der Waals surface area contributed by atoms with E-state index in [4.69, 9.17) is 4.74 Å². The van der Waals surface area contributed by atoms with Crippen molar-refractivity contribution in [3.8, 4) is 11.5 Å². The summed E-state index contributed by atoms with van der Waals surface area (Å²) in [5.41, 5.74) is 0.361. The number of hydrogen-bond acceptors (Lipinski definition) is 3. The average Bonchev–Trinajstić information content (AvgIpc) is 2.64. The van der Waals surface area contributed by atoms with Gasteiger partial charge in [-0.25, -0.2) is 4.99 Å². The van der Waals surface area contributed by atoms with Crippen LogP contribution in [0.2, 0.25) is 0 Å². The van der Waals surface area contributed by atoms with Crippen molar-refractivity contribution in [1.82, 2.24) is 10.6 Å². The fourth-order valence-electron chi connectivity index (χ4n) is 2.37. The molecule has 0 aliphatic rings. The van der Waals surface area contributed by atoms with Crippen LogP contribution in [-0.4, -0.2) is 24.7 Å². The normalized spacial score (nSPS) is 11.5. The molecule has 2 aromatic rings. The fraction of sp³-hybridized carbons (Fsp3) is 0.316. The minimum absolute atomic E-state index is 0. The van der Waals surface area contributed by atoms with Gasteiger partial charge in [0.1, 0.15) is 11.5 Å². The van der Waals surface area contributed by atoms with Crippen molar-refractivity contribution < 1.29 is 23.0 Å². The second-order valence-corrected chi connectivity index (χ2v) is 5.74. The van der Waals surface area contributed by atoms with Crippen molar-refractivity contribution in [3.63, 3.8) is 0 Å². The molecule has 0 aromatic heterocycles. The summed E-state index contributed by atoms with van der Waals surface area (Å²) in [6, 6.07) is 9.94. The smallest absolute Gasteiger partial charge is 0.416 e. The van der Waals surface area contributed by atoms with Gasteiger partial charge in [-0.1, -0.05) is 12.1 Å². The molecule has 0 atom stereocenters. The number of phenols is 1. The second-order valence-electron chi connectivity index (χ2n) is 5.74. The van der Waals surface area contributed by atoms with Crippen LogP contribution in [0.5, 0.6) is 11.5 Å². The third-order valence-electron chi connectivity index (χ3n) is 3.75. The number of nitrogens with one attached hydrogen (secondary N) is 2. The van der Waals surface area contributed by atoms with Crippen LogP contribution in [-0.2, 0) is 19.3 Å². The van der Waals surface area contributed by atoms with Gasteiger partial charge in [0.25, 0.3) is 0 Å². The van der Waals surface area contributed by atoms with Gasteiger partial charge in [-0.2, -0.15) is 13.2 Å². The minimum Gasteiger partial charge on any atom is -0.508 e. The van der Waals surface area contributed by atoms with Crippen LogP contribution in [0, 0.1) is 0 Å². The molecule has 28 heavy (non-hydrogen) atoms. The van der Waals surface area contributed by atoms with E-state index < -0.39 is 11.7 Å². The number of phenolic OH excluding ortho intramolecular Hbond substituents is 1. The number of alkyl halides is 3. The topological polar surface area (TPSA) is 65.9 Å². The first-order valence-electron chi connectivity index (χ1n) is 8.37. The van der Waals surface area contributed by atoms with Gasteiger partial charge in [-0.15, -0.1) is 24.0 Å². The van der Waals surface area contributed by atoms with Gasteiger partial charge in [0.2, 0.25) is 0 Å². The van der Waals surface area contributed by atoms with Crippen molar-refractivity contribution in [3.05, 3.63) is 59.2 Å². The number of hydrogen-bond donors (Lipinski definition) is 3. The number of rotatable bonds is 6. The summed E-state index contributed by atoms with van der Waals surface area (Å²) < 4.78 is 43.5. The Labute approximate surface area is 179 Å². The van der Waals surface area contributed by atoms with E-state index in [1.807, 2.05) is 6.92 Å². The van der Waals surface area contributed by atoms with Gasteiger partial charge in [0.15, 0.2) is 5.96 Å². The Balaban J connectivity index is 0.00000392. The van der Waals surface area contributed by atoms with Gasteiger partial charge in [0.05, 0.1) is 19.2 Å². The first-order chi connectivity index (χ1) is 12.8. The Hall–Kier alpha value is -2.17. The Morgan fingerprint density at radius 3 is 2.54 bits per heavy atom. The summed E-state index contributed by atoms with van der Waals surface area (Å²) in [6.45, 7) is 2.82. The molecule has 0 saturated carbocycles. The van der Waals surface area contributed by atoms with E-state index in [-0.39, 0.29) is 42.8 Å². The van der Waals surface area contributed by atoms with Gasteiger partial charge >= 0.3 is 6.18 Å². The predicted octanol–water partition coefficient (Wildman–Crippen LogP) is 4.29. The van der Waals surface area contributed by atoms with Crippen molar-refractivity contribution in [2.45, 2.75) is 26.2 Å². The van der Waals surface area contributed by atoms with Crippen LogP contribution in [0.15, 0.2) is 47.5 Å². The van der Waals surface area contributed by atoms with Crippen LogP contribution in [0.3, 0.4) is 0 Å². The largest absolute Gasteiger partial charge is 0.508 e. The van der Waals surface area contributed by atoms with Crippen molar-refractivity contribution in [1.29, 1.82) is 0 Å². The van der Waals surface area contributed by atoms with E-state index in [2.05, 4.69) is 15.6 Å². The lowest BCUT2D eigenvalue weighted by atomic mass is 10.1. The number of guanidine groups is 1. The van der Waals surface area contributed by atoms with Crippen LogP contribution in [0.25, 0.3) is 0 Å². The number of benzene rings is 2. The highest BCUT2D eigenvalue weighted by atomic mass is 127. The zero-order valence-electron chi connectivity index (χ0n) is 15.5. The molecule has 2 aromatic carbocycles. The van der Waals surface area contributed by atoms with Crippen molar-refractivity contribution in [2.75, 3.05) is 13.7 Å². The summed E-state index contributed by atoms with van der Waals surface area (Å²) in [5, 5.41) is 16.0. The lowest BCUT2D eigenvalue weighted by Crippen LogP contribution is -2.36. The Bertz CT molecular complexity index is 798. The molecule has 0 heterocycles. The van der Waals surface area contributed by atoms with Crippen LogP contribution >= 0.6 is 24.0 Å². The first kappa shape index (κ1) is 23.9. The number of aromatic hydroxyl groups is 1. The Morgan fingerprint density at radius 2 is 1.89 bits per heavy atom. The Kier molecular flexibility index (Phi) is 9.36. The lowest BCUT2D eigenvalue weighted by Gasteiger charge is -2.13. The number of halogens is 4. The molecule has 0 aliphatic carbocycles. The maximum atomic E-state index is 12.8. The molecule has 9 heteroatoms. The maximum absolute atomic E-state index is 12.8. The predicted molar refractivity (Wildman–Crippen MR) is 113 cm³/mol. The quantitative estimate of drug-likeness (QED) is 0.309. The van der Waals surface area contributed by atoms with Crippen LogP contribution in [0.1, 0.15) is 23.6 Å². The lowest BCUT2D eigenvalue weighted by molar-refractivity contribution is -0.137. The molecule has 0 unspecified atom stereocenters. The molecule has 0 spiro atoms. The molecule has 0 amide bonds. The summed E-state index contributed by atoms with van der Waals surface area (Å²) in [6.07, 6.45) is -4.38. The summed E-state index contributed by atoms with van der Waals surface area (Å²) >= 11 is 0. The van der Waals surface area contributed by atoms with E-state index in [0.717, 1.165) is 12.1 Å². The SMILES string of the molecule is CCNC(=NCc1cccc(C(F)(F)F)c1)NCc1cc(OC)ccc1O.I. The second kappa shape index (κ2) is 11.0. The van der Waals surface area contributed by atoms with E-state index >= 15 is 0 Å². The molecule has 5 nitrogen and oxygen atoms in total. The van der Waals surface area contributed by atoms with Crippen LogP contribution in [0.4, 0.5) is 13.2 Å². The van der Waals surface area contributed by atoms with E-state index in [0.29, 0.717) is 29.4 Å². The van der Waals surface area contributed by atoms with E-state index in [1.165, 1.54) is 19.2 Å². The molecule has 154 valence electrons. The van der Waals surface area contributed by atoms with Gasteiger partial charge in [-0.3, -0.25) is 0 Å². The van der Waals surface area contributed by atoms with E-state index in [9.17, 15) is 18.3 Å². The molecule has 0 aliphatic heterocycles. The summed E-state index contributed by atoms with van der Waals surface area (Å²) in [4.78, 5) is 4.31. The van der Waals surface area contributed by atoms with Crippen molar-refractivity contribution in [2.24, 2.45) is 4.99 Å². The van der Waals surface area contributed by atoms with Gasteiger partial charge in [-0.05, 0) is 42.8 Å². The molecule has 0 radical (unpaired) electrons. The highest BCUT2D eigenvalue weighted by molar-refractivity contribution is 14.0. The van der Waals surface area contributed by atoms with Crippen molar-refractivity contribution >= 4 is 29.9 Å². The average molecular weight is 509 g/mol. The van der Waals surface area contributed by atoms with Gasteiger partial charge < -0.3 is 20.5 Å². The molecule has 0 saturated heterocycles. The van der Waals surface area contributed by atoms with Gasteiger partial charge in [0, 0.05) is 18.7 Å². The minimum atomic E-state index is -4.38. The maximum Gasteiger partial charge on any atom is 0.416 e. The molecular weight excluding hydrogens is 486 g/mol. The highest BCUT2D eigenvalue weighted by Gasteiger charge is 2.30.